The Labute approximate surface area is 426 Å². The van der Waals surface area contributed by atoms with E-state index in [0.717, 1.165) is 0 Å². The number of nitrogens with one attached hydrogen (secondary N) is 7. The first-order chi connectivity index (χ1) is 32.4. The number of amides is 10. The number of phenols is 1. The Morgan fingerprint density at radius 3 is 1.86 bits per heavy atom. The van der Waals surface area contributed by atoms with Crippen LogP contribution < -0.4 is 54.4 Å². The molecule has 1 aliphatic rings. The zero-order valence-corrected chi connectivity index (χ0v) is 43.6. The summed E-state index contributed by atoms with van der Waals surface area (Å²) in [6.07, 6.45) is -0.588. The van der Waals surface area contributed by atoms with Gasteiger partial charge in [-0.1, -0.05) is 0 Å². The molecular weight excluding hydrogens is 1130 g/mol. The fourth-order valence-electron chi connectivity index (χ4n) is 7.09. The molecule has 1 aromatic carbocycles. The van der Waals surface area contributed by atoms with E-state index in [9.17, 15) is 57.8 Å². The number of hydrogen-bond donors (Lipinski definition) is 12. The summed E-state index contributed by atoms with van der Waals surface area (Å²) in [7, 11) is 0. The van der Waals surface area contributed by atoms with Gasteiger partial charge in [0.1, 0.15) is 0 Å². The number of phenolic OH excluding ortho intramolecular Hbond substituents is 1. The van der Waals surface area contributed by atoms with Gasteiger partial charge in [-0.05, 0) is 0 Å². The summed E-state index contributed by atoms with van der Waals surface area (Å²) in [6.45, 7) is 6.42. The Bertz CT molecular complexity index is 2010. The number of carbonyl (C=O) groups excluding carboxylic acids is 10. The molecule has 24 nitrogen and oxygen atoms in total. The van der Waals surface area contributed by atoms with Crippen molar-refractivity contribution in [1.29, 1.82) is 0 Å². The van der Waals surface area contributed by atoms with Crippen LogP contribution in [0.4, 0.5) is 0 Å². The van der Waals surface area contributed by atoms with E-state index in [1.165, 1.54) is 39.3 Å². The average molecular weight is 1200 g/mol. The zero-order valence-electron chi connectivity index (χ0n) is 38.9. The van der Waals surface area contributed by atoms with Crippen LogP contribution in [0.1, 0.15) is 78.2 Å². The van der Waals surface area contributed by atoms with Crippen LogP contribution >= 0.6 is 0 Å². The van der Waals surface area contributed by atoms with Crippen molar-refractivity contribution in [2.24, 2.45) is 29.0 Å². The Morgan fingerprint density at radius 2 is 1.30 bits per heavy atom. The maximum atomic E-state index is 14.1. The number of primary amides is 2. The molecule has 2 radical (unpaired) electrons. The van der Waals surface area contributed by atoms with Crippen molar-refractivity contribution in [2.45, 2.75) is 136 Å². The van der Waals surface area contributed by atoms with Crippen molar-refractivity contribution < 1.29 is 63.0 Å². The van der Waals surface area contributed by atoms with E-state index in [4.69, 9.17) is 22.3 Å². The minimum Gasteiger partial charge on any atom is -0.480 e. The predicted molar refractivity (Wildman–Crippen MR) is 249 cm³/mol. The van der Waals surface area contributed by atoms with Crippen molar-refractivity contribution in [3.63, 3.8) is 0 Å². The first-order valence-electron chi connectivity index (χ1n) is 22.3. The van der Waals surface area contributed by atoms with Crippen molar-refractivity contribution >= 4 is 110 Å². The van der Waals surface area contributed by atoms with Gasteiger partial charge in [-0.25, -0.2) is 0 Å². The standard InChI is InChI=1S/C43H65N11O13Te2/c1-5-22(4)35(53-40(64)28(49-36(60)25(44)19-68)16-23-8-10-24(55)11-9-23)42(66)48-26(12-13-32(45)56)38(62)50-29(17-33(46)57)39(63)52-30(20-69)43(67)54-14-6-7-31(54)41(65)51-27(15-21(2)3)37(61)47-18-34(58)59/h8-11,21-22,25-31,35,55H,5-7,12-20,44H2,1-4H3,(H2,45,56)(H2,46,57)(H,47,61)(H,48,66)(H,49,60)(H,50,62)(H,51,65)(H,52,63)(H,53,64)(H,58,59)/t22-,25-,26-,27-,28-,29-,30-,31-,35-/m0/s1. The summed E-state index contributed by atoms with van der Waals surface area (Å²) in [6, 6.07) is -4.43. The molecule has 1 aliphatic heterocycles. The van der Waals surface area contributed by atoms with Crippen LogP contribution in [0.5, 0.6) is 5.75 Å². The number of benzene rings is 1. The van der Waals surface area contributed by atoms with Crippen LogP contribution in [0.25, 0.3) is 0 Å². The molecule has 69 heavy (non-hydrogen) atoms. The Hall–Kier alpha value is -5.27. The van der Waals surface area contributed by atoms with Gasteiger partial charge in [0.2, 0.25) is 0 Å². The first kappa shape index (κ1) is 59.9. The molecule has 2 rings (SSSR count). The van der Waals surface area contributed by atoms with Crippen LogP contribution in [0.2, 0.25) is 8.94 Å². The smallest absolute Gasteiger partial charge is 0.480 e. The van der Waals surface area contributed by atoms with Crippen LogP contribution in [0, 0.1) is 11.8 Å². The molecule has 0 unspecified atom stereocenters. The van der Waals surface area contributed by atoms with Gasteiger partial charge >= 0.3 is 419 Å². The molecule has 10 amide bonds. The molecule has 26 heteroatoms. The zero-order chi connectivity index (χ0) is 52.1. The van der Waals surface area contributed by atoms with Gasteiger partial charge in [0.05, 0.1) is 0 Å². The van der Waals surface area contributed by atoms with Gasteiger partial charge < -0.3 is 5.11 Å². The van der Waals surface area contributed by atoms with E-state index in [1.54, 1.807) is 62.1 Å². The van der Waals surface area contributed by atoms with Crippen molar-refractivity contribution in [2.75, 3.05) is 13.1 Å². The molecule has 1 saturated heterocycles. The molecule has 0 aromatic heterocycles. The molecule has 0 saturated carbocycles. The first-order valence-corrected chi connectivity index (χ1v) is 25.6. The molecule has 15 N–H and O–H groups in total. The van der Waals surface area contributed by atoms with Crippen molar-refractivity contribution in [3.8, 4) is 5.75 Å². The number of rotatable bonds is 29. The topological polar surface area (TPSA) is 394 Å². The third kappa shape index (κ3) is 20.3. The normalized spacial score (nSPS) is 16.8. The number of hydrogen-bond acceptors (Lipinski definition) is 13. The maximum absolute atomic E-state index is 14.1. The second-order valence-electron chi connectivity index (χ2n) is 17.1. The number of aliphatic carboxylic acids is 1. The minimum absolute atomic E-state index is 0.0126. The third-order valence-corrected chi connectivity index (χ3v) is 13.0. The molecule has 0 aliphatic carbocycles. The number of carboxylic acid groups (broad SMARTS) is 1. The van der Waals surface area contributed by atoms with Gasteiger partial charge in [0.15, 0.2) is 0 Å². The quantitative estimate of drug-likeness (QED) is 0.0339. The molecular formula is C43H65N11O13Te2. The van der Waals surface area contributed by atoms with E-state index in [2.05, 4.69) is 37.2 Å². The van der Waals surface area contributed by atoms with E-state index < -0.39 is 145 Å². The second-order valence-corrected chi connectivity index (χ2v) is 19.0. The number of likely N-dealkylation sites (tertiary alicyclic amines) is 1. The summed E-state index contributed by atoms with van der Waals surface area (Å²) in [5.41, 5.74) is 17.3. The fraction of sp³-hybridized carbons (Fsp3) is 0.605. The Balaban J connectivity index is 2.34. The predicted octanol–water partition coefficient (Wildman–Crippen LogP) is -4.23. The van der Waals surface area contributed by atoms with E-state index in [-0.39, 0.29) is 46.4 Å². The Morgan fingerprint density at radius 1 is 0.725 bits per heavy atom. The SMILES string of the molecule is CC[C@H](C)[C@H](NC(=O)[C@H](Cc1ccc(O)cc1)NC(=O)[C@@H](N)C[Te])C(=O)N[C@@H](CCC(N)=O)C(=O)N[C@@H](CC(N)=O)C(=O)N[C@@H](C[Te])C(=O)N1CCC[C@H]1C(=O)N[C@@H](CC(C)C)C(=O)NCC(=O)O. The average Bonchev–Trinajstić information content (AvgIpc) is 3.79. The number of carbonyl (C=O) groups is 11. The number of aromatic hydroxyl groups is 1. The van der Waals surface area contributed by atoms with E-state index in [1.807, 2.05) is 0 Å². The van der Waals surface area contributed by atoms with E-state index >= 15 is 0 Å². The summed E-state index contributed by atoms with van der Waals surface area (Å²) >= 11 is 3.08. The van der Waals surface area contributed by atoms with Gasteiger partial charge in [0.25, 0.3) is 0 Å². The molecule has 0 bridgehead atoms. The van der Waals surface area contributed by atoms with Crippen LogP contribution in [-0.2, 0) is 59.2 Å². The monoisotopic (exact) mass is 1200 g/mol. The van der Waals surface area contributed by atoms with Gasteiger partial charge in [0, 0.05) is 0 Å². The molecule has 1 fully saturated rings. The summed E-state index contributed by atoms with van der Waals surface area (Å²) in [5, 5.41) is 36.3. The van der Waals surface area contributed by atoms with Gasteiger partial charge in [-0.15, -0.1) is 0 Å². The summed E-state index contributed by atoms with van der Waals surface area (Å²) in [5.74, 6) is -10.4. The van der Waals surface area contributed by atoms with Crippen molar-refractivity contribution in [3.05, 3.63) is 29.8 Å². The molecule has 1 aromatic rings. The molecule has 1 heterocycles. The van der Waals surface area contributed by atoms with Crippen molar-refractivity contribution in [1.82, 2.24) is 42.1 Å². The van der Waals surface area contributed by atoms with Crippen LogP contribution in [0.3, 0.4) is 0 Å². The second kappa shape index (κ2) is 29.7. The summed E-state index contributed by atoms with van der Waals surface area (Å²) < 4.78 is 0.255. The molecule has 382 valence electrons. The van der Waals surface area contributed by atoms with Crippen LogP contribution in [-0.4, -0.2) is 186 Å². The number of nitrogens with zero attached hydrogens (tertiary/aromatic N) is 1. The fourth-order valence-corrected chi connectivity index (χ4v) is 8.17. The van der Waals surface area contributed by atoms with Crippen LogP contribution in [0.15, 0.2) is 24.3 Å². The number of carboxylic acids is 1. The number of nitrogens with two attached hydrogens (primary N) is 3. The summed E-state index contributed by atoms with van der Waals surface area (Å²) in [4.78, 5) is 145. The van der Waals surface area contributed by atoms with Gasteiger partial charge in [-0.3, -0.25) is 4.79 Å². The van der Waals surface area contributed by atoms with E-state index in [0.29, 0.717) is 18.4 Å². The molecule has 0 spiro atoms. The van der Waals surface area contributed by atoms with Gasteiger partial charge in [-0.2, -0.15) is 0 Å². The third-order valence-electron chi connectivity index (χ3n) is 11.0. The Kier molecular flexibility index (Phi) is 25.8. The minimum atomic E-state index is -1.73. The molecule has 9 atom stereocenters.